The van der Waals surface area contributed by atoms with Gasteiger partial charge in [0.2, 0.25) is 0 Å². The number of nitrogens with zero attached hydrogens (tertiary/aromatic N) is 2. The maximum Gasteiger partial charge on any atom is 0.0982 e. The van der Waals surface area contributed by atoms with E-state index in [9.17, 15) is 0 Å². The Balaban J connectivity index is 2.03. The summed E-state index contributed by atoms with van der Waals surface area (Å²) >= 11 is 1.73. The molecule has 3 nitrogen and oxygen atoms in total. The SMILES string of the molecule is Cc1ncccc1NCc1csc(C(C)(C)C)n1. The van der Waals surface area contributed by atoms with Crippen molar-refractivity contribution in [3.8, 4) is 0 Å². The largest absolute Gasteiger partial charge is 0.378 e. The quantitative estimate of drug-likeness (QED) is 0.914. The zero-order valence-electron chi connectivity index (χ0n) is 11.3. The molecule has 4 heteroatoms. The van der Waals surface area contributed by atoms with E-state index < -0.39 is 0 Å². The van der Waals surface area contributed by atoms with Crippen LogP contribution in [0.1, 0.15) is 37.2 Å². The van der Waals surface area contributed by atoms with Crippen molar-refractivity contribution < 1.29 is 0 Å². The second kappa shape index (κ2) is 5.06. The summed E-state index contributed by atoms with van der Waals surface area (Å²) in [6, 6.07) is 3.98. The number of aromatic nitrogens is 2. The summed E-state index contributed by atoms with van der Waals surface area (Å²) in [7, 11) is 0. The molecule has 0 aromatic carbocycles. The van der Waals surface area contributed by atoms with Gasteiger partial charge in [0.05, 0.1) is 28.6 Å². The highest BCUT2D eigenvalue weighted by Crippen LogP contribution is 2.25. The second-order valence-corrected chi connectivity index (χ2v) is 6.24. The van der Waals surface area contributed by atoms with E-state index in [2.05, 4.69) is 41.4 Å². The Kier molecular flexibility index (Phi) is 3.66. The van der Waals surface area contributed by atoms with Gasteiger partial charge in [-0.1, -0.05) is 20.8 Å². The lowest BCUT2D eigenvalue weighted by atomic mass is 9.98. The molecule has 0 aliphatic carbocycles. The van der Waals surface area contributed by atoms with Crippen LogP contribution in [0.15, 0.2) is 23.7 Å². The van der Waals surface area contributed by atoms with E-state index in [1.807, 2.05) is 19.1 Å². The van der Waals surface area contributed by atoms with Gasteiger partial charge in [-0.2, -0.15) is 0 Å². The van der Waals surface area contributed by atoms with Crippen LogP contribution >= 0.6 is 11.3 Å². The lowest BCUT2D eigenvalue weighted by Gasteiger charge is -2.13. The van der Waals surface area contributed by atoms with Crippen LogP contribution in [0.3, 0.4) is 0 Å². The summed E-state index contributed by atoms with van der Waals surface area (Å²) in [6.07, 6.45) is 1.81. The third-order valence-corrected chi connectivity index (χ3v) is 3.98. The first-order chi connectivity index (χ1) is 8.47. The Morgan fingerprint density at radius 2 is 2.11 bits per heavy atom. The Labute approximate surface area is 112 Å². The number of nitrogens with one attached hydrogen (secondary N) is 1. The highest BCUT2D eigenvalue weighted by molar-refractivity contribution is 7.09. The van der Waals surface area contributed by atoms with E-state index in [1.54, 1.807) is 17.5 Å². The molecule has 0 amide bonds. The predicted molar refractivity (Wildman–Crippen MR) is 77.1 cm³/mol. The second-order valence-electron chi connectivity index (χ2n) is 5.38. The first kappa shape index (κ1) is 13.0. The first-order valence-corrected chi connectivity index (χ1v) is 6.95. The number of pyridine rings is 1. The molecule has 2 heterocycles. The zero-order valence-corrected chi connectivity index (χ0v) is 12.1. The maximum absolute atomic E-state index is 4.66. The first-order valence-electron chi connectivity index (χ1n) is 6.07. The van der Waals surface area contributed by atoms with Crippen LogP contribution in [-0.4, -0.2) is 9.97 Å². The number of thiazole rings is 1. The Bertz CT molecular complexity index is 526. The van der Waals surface area contributed by atoms with Gasteiger partial charge in [-0.15, -0.1) is 11.3 Å². The molecule has 0 fully saturated rings. The molecule has 0 atom stereocenters. The minimum atomic E-state index is 0.132. The van der Waals surface area contributed by atoms with Crippen LogP contribution in [0.25, 0.3) is 0 Å². The molecule has 1 N–H and O–H groups in total. The Morgan fingerprint density at radius 3 is 2.72 bits per heavy atom. The standard InChI is InChI=1S/C14H19N3S/c1-10-12(6-5-7-15-10)16-8-11-9-18-13(17-11)14(2,3)4/h5-7,9,16H,8H2,1-4H3. The number of rotatable bonds is 3. The van der Waals surface area contributed by atoms with E-state index >= 15 is 0 Å². The zero-order chi connectivity index (χ0) is 13.2. The van der Waals surface area contributed by atoms with Crippen molar-refractivity contribution in [1.29, 1.82) is 0 Å². The molecule has 2 aromatic heterocycles. The molecular weight excluding hydrogens is 242 g/mol. The highest BCUT2D eigenvalue weighted by atomic mass is 32.1. The summed E-state index contributed by atoms with van der Waals surface area (Å²) in [5.74, 6) is 0. The van der Waals surface area contributed by atoms with E-state index in [0.717, 1.165) is 23.6 Å². The molecule has 0 bridgehead atoms. The van der Waals surface area contributed by atoms with Crippen molar-refractivity contribution in [1.82, 2.24) is 9.97 Å². The number of hydrogen-bond donors (Lipinski definition) is 1. The van der Waals surface area contributed by atoms with E-state index in [4.69, 9.17) is 0 Å². The van der Waals surface area contributed by atoms with E-state index in [1.165, 1.54) is 5.01 Å². The van der Waals surface area contributed by atoms with Crippen molar-refractivity contribution in [2.75, 3.05) is 5.32 Å². The number of aryl methyl sites for hydroxylation is 1. The molecule has 0 unspecified atom stereocenters. The van der Waals surface area contributed by atoms with Gasteiger partial charge < -0.3 is 5.32 Å². The van der Waals surface area contributed by atoms with Gasteiger partial charge in [0.25, 0.3) is 0 Å². The summed E-state index contributed by atoms with van der Waals surface area (Å²) in [5, 5.41) is 6.68. The highest BCUT2D eigenvalue weighted by Gasteiger charge is 2.17. The normalized spacial score (nSPS) is 11.6. The molecule has 0 saturated heterocycles. The molecule has 18 heavy (non-hydrogen) atoms. The molecule has 2 aromatic rings. The molecule has 0 aliphatic rings. The van der Waals surface area contributed by atoms with Gasteiger partial charge in [0, 0.05) is 17.0 Å². The van der Waals surface area contributed by atoms with Crippen molar-refractivity contribution >= 4 is 17.0 Å². The fourth-order valence-electron chi connectivity index (χ4n) is 1.59. The summed E-state index contributed by atoms with van der Waals surface area (Å²) in [6.45, 7) is 9.32. The predicted octanol–water partition coefficient (Wildman–Crippen LogP) is 3.76. The average molecular weight is 261 g/mol. The van der Waals surface area contributed by atoms with E-state index in [-0.39, 0.29) is 5.41 Å². The van der Waals surface area contributed by atoms with Gasteiger partial charge in [-0.25, -0.2) is 4.98 Å². The molecule has 0 saturated carbocycles. The summed E-state index contributed by atoms with van der Waals surface area (Å²) in [5.41, 5.74) is 3.31. The van der Waals surface area contributed by atoms with Crippen LogP contribution < -0.4 is 5.32 Å². The van der Waals surface area contributed by atoms with Crippen LogP contribution in [0.2, 0.25) is 0 Å². The molecule has 2 rings (SSSR count). The molecular formula is C14H19N3S. The molecule has 0 spiro atoms. The maximum atomic E-state index is 4.66. The van der Waals surface area contributed by atoms with Crippen LogP contribution in [0.5, 0.6) is 0 Å². The van der Waals surface area contributed by atoms with Gasteiger partial charge in [-0.3, -0.25) is 4.98 Å². The third-order valence-electron chi connectivity index (χ3n) is 2.66. The minimum absolute atomic E-state index is 0.132. The van der Waals surface area contributed by atoms with Crippen molar-refractivity contribution in [2.24, 2.45) is 0 Å². The van der Waals surface area contributed by atoms with Gasteiger partial charge in [0.1, 0.15) is 0 Å². The van der Waals surface area contributed by atoms with Gasteiger partial charge in [-0.05, 0) is 19.1 Å². The topological polar surface area (TPSA) is 37.8 Å². The molecule has 0 aliphatic heterocycles. The molecule has 0 radical (unpaired) electrons. The van der Waals surface area contributed by atoms with Crippen molar-refractivity contribution in [3.05, 3.63) is 40.1 Å². The summed E-state index contributed by atoms with van der Waals surface area (Å²) < 4.78 is 0. The van der Waals surface area contributed by atoms with Crippen LogP contribution in [0.4, 0.5) is 5.69 Å². The summed E-state index contributed by atoms with van der Waals surface area (Å²) in [4.78, 5) is 8.92. The Morgan fingerprint density at radius 1 is 1.33 bits per heavy atom. The van der Waals surface area contributed by atoms with Crippen molar-refractivity contribution in [3.63, 3.8) is 0 Å². The minimum Gasteiger partial charge on any atom is -0.378 e. The fourth-order valence-corrected chi connectivity index (χ4v) is 2.50. The smallest absolute Gasteiger partial charge is 0.0982 e. The molecule has 96 valence electrons. The number of anilines is 1. The van der Waals surface area contributed by atoms with Crippen LogP contribution in [-0.2, 0) is 12.0 Å². The lowest BCUT2D eigenvalue weighted by molar-refractivity contribution is 0.583. The lowest BCUT2D eigenvalue weighted by Crippen LogP contribution is -2.11. The third kappa shape index (κ3) is 3.07. The van der Waals surface area contributed by atoms with Gasteiger partial charge in [0.15, 0.2) is 0 Å². The Hall–Kier alpha value is -1.42. The van der Waals surface area contributed by atoms with E-state index in [0.29, 0.717) is 0 Å². The average Bonchev–Trinajstić information content (AvgIpc) is 2.76. The number of hydrogen-bond acceptors (Lipinski definition) is 4. The van der Waals surface area contributed by atoms with Crippen molar-refractivity contribution in [2.45, 2.75) is 39.7 Å². The van der Waals surface area contributed by atoms with Gasteiger partial charge >= 0.3 is 0 Å². The monoisotopic (exact) mass is 261 g/mol. The van der Waals surface area contributed by atoms with Crippen LogP contribution in [0, 0.1) is 6.92 Å². The fraction of sp³-hybridized carbons (Fsp3) is 0.429.